The highest BCUT2D eigenvalue weighted by Crippen LogP contribution is 2.49. The topological polar surface area (TPSA) is 218 Å². The number of anilines is 3. The van der Waals surface area contributed by atoms with Gasteiger partial charge in [-0.25, -0.2) is 9.37 Å². The molecule has 2 aromatic carbocycles. The van der Waals surface area contributed by atoms with Crippen LogP contribution in [0.3, 0.4) is 0 Å². The molecule has 18 nitrogen and oxygen atoms in total. The molecule has 75 heavy (non-hydrogen) atoms. The third-order valence-corrected chi connectivity index (χ3v) is 16.3. The first-order valence-electron chi connectivity index (χ1n) is 26.9. The van der Waals surface area contributed by atoms with E-state index >= 15 is 0 Å². The van der Waals surface area contributed by atoms with E-state index in [1.165, 1.54) is 4.90 Å². The minimum atomic E-state index is -1.23. The Morgan fingerprint density at radius 1 is 0.893 bits per heavy atom. The molecular weight excluding hydrogens is 960 g/mol. The van der Waals surface area contributed by atoms with Crippen LogP contribution in [-0.4, -0.2) is 141 Å². The molecular formula is C56H69FN10O8. The van der Waals surface area contributed by atoms with Crippen LogP contribution in [-0.2, 0) is 20.0 Å². The molecule has 0 radical (unpaired) electrons. The van der Waals surface area contributed by atoms with Crippen molar-refractivity contribution in [2.75, 3.05) is 61.4 Å². The first-order valence-corrected chi connectivity index (χ1v) is 26.9. The number of phenolic OH excluding ortho intramolecular Hbond substituents is 1. The van der Waals surface area contributed by atoms with E-state index in [9.17, 15) is 24.2 Å². The number of hydrogen-bond acceptors (Lipinski definition) is 16. The van der Waals surface area contributed by atoms with Crippen molar-refractivity contribution < 1.29 is 42.9 Å². The van der Waals surface area contributed by atoms with E-state index in [1.807, 2.05) is 57.3 Å². The summed E-state index contributed by atoms with van der Waals surface area (Å²) in [6.07, 6.45) is 8.19. The molecule has 6 atom stereocenters. The quantitative estimate of drug-likeness (QED) is 0.0720. The van der Waals surface area contributed by atoms with Crippen LogP contribution in [0.2, 0.25) is 0 Å². The molecule has 11 rings (SSSR count). The summed E-state index contributed by atoms with van der Waals surface area (Å²) in [6, 6.07) is 21.4. The van der Waals surface area contributed by atoms with Gasteiger partial charge in [-0.2, -0.15) is 0 Å². The van der Waals surface area contributed by atoms with Crippen LogP contribution in [0.4, 0.5) is 21.6 Å². The molecule has 5 N–H and O–H groups in total. The predicted molar refractivity (Wildman–Crippen MR) is 278 cm³/mol. The number of aliphatic hydroxyl groups excluding tert-OH is 1. The van der Waals surface area contributed by atoms with E-state index in [4.69, 9.17) is 24.5 Å². The number of nitrogens with zero attached hydrogens (tertiary/aromatic N) is 8. The summed E-state index contributed by atoms with van der Waals surface area (Å²) in [6.45, 7) is 10.1. The SMILES string of the molecule is CC(C)[C@@H](C(=O)N1C[C@H](O)C[C@H]1C(=O)N[C@@H](C)c1ccc(C2(F)CC2)cc1)c1cc(OCCN2CCC(O[C@H]3C[C@H](Oc4cc(N5C6CCC5CN(c5cc(-c7ccccc7O)nnc5N)C6)ccn4)C3)CC2)no1. The molecule has 7 heterocycles. The lowest BCUT2D eigenvalue weighted by Gasteiger charge is -2.43. The molecule has 2 bridgehead atoms. The van der Waals surface area contributed by atoms with Crippen LogP contribution in [0.5, 0.6) is 17.5 Å². The highest BCUT2D eigenvalue weighted by atomic mass is 19.1. The minimum Gasteiger partial charge on any atom is -0.507 e. The number of alkyl halides is 1. The van der Waals surface area contributed by atoms with E-state index < -0.39 is 23.7 Å². The molecule has 2 saturated carbocycles. The van der Waals surface area contributed by atoms with E-state index in [1.54, 1.807) is 30.3 Å². The van der Waals surface area contributed by atoms with Crippen molar-refractivity contribution >= 4 is 29.0 Å². The van der Waals surface area contributed by atoms with E-state index in [-0.39, 0.29) is 72.9 Å². The molecule has 3 aromatic heterocycles. The summed E-state index contributed by atoms with van der Waals surface area (Å²) in [7, 11) is 0. The third-order valence-electron chi connectivity index (χ3n) is 16.3. The molecule has 2 unspecified atom stereocenters. The Morgan fingerprint density at radius 2 is 1.64 bits per heavy atom. The van der Waals surface area contributed by atoms with Gasteiger partial charge in [0.05, 0.1) is 35.7 Å². The normalized spacial score (nSPS) is 25.2. The number of nitrogens with one attached hydrogen (secondary N) is 1. The maximum absolute atomic E-state index is 14.5. The maximum Gasteiger partial charge on any atom is 0.254 e. The number of carbonyl (C=O) groups is 2. The van der Waals surface area contributed by atoms with Gasteiger partial charge in [-0.1, -0.05) is 50.2 Å². The summed E-state index contributed by atoms with van der Waals surface area (Å²) in [4.78, 5) is 41.0. The lowest BCUT2D eigenvalue weighted by Crippen LogP contribution is -2.54. The first-order chi connectivity index (χ1) is 36.2. The highest BCUT2D eigenvalue weighted by molar-refractivity contribution is 5.91. The number of piperidine rings is 1. The Labute approximate surface area is 436 Å². The largest absolute Gasteiger partial charge is 0.507 e. The fraction of sp³-hybridized carbons (Fsp3) is 0.536. The van der Waals surface area contributed by atoms with Gasteiger partial charge in [0.2, 0.25) is 17.7 Å². The van der Waals surface area contributed by atoms with E-state index in [0.717, 1.165) is 81.6 Å². The first kappa shape index (κ1) is 50.6. The molecule has 0 spiro atoms. The summed E-state index contributed by atoms with van der Waals surface area (Å²) in [5, 5.41) is 36.8. The number of fused-ring (bicyclic) bond motifs is 2. The van der Waals surface area contributed by atoms with Crippen LogP contribution in [0, 0.1) is 5.92 Å². The zero-order valence-electron chi connectivity index (χ0n) is 43.0. The Morgan fingerprint density at radius 3 is 2.36 bits per heavy atom. The van der Waals surface area contributed by atoms with Crippen molar-refractivity contribution in [2.45, 2.75) is 139 Å². The zero-order valence-corrected chi connectivity index (χ0v) is 43.0. The van der Waals surface area contributed by atoms with Gasteiger partial charge < -0.3 is 54.7 Å². The van der Waals surface area contributed by atoms with Gasteiger partial charge in [0.25, 0.3) is 5.88 Å². The number of likely N-dealkylation sites (tertiary alicyclic amines) is 2. The number of aliphatic hydroxyl groups is 1. The smallest absolute Gasteiger partial charge is 0.254 e. The van der Waals surface area contributed by atoms with Gasteiger partial charge in [-0.3, -0.25) is 14.5 Å². The summed E-state index contributed by atoms with van der Waals surface area (Å²) in [5.41, 5.74) is 9.79. The van der Waals surface area contributed by atoms with Crippen molar-refractivity contribution in [3.05, 3.63) is 95.9 Å². The number of amides is 2. The molecule has 6 fully saturated rings. The number of nitrogen functional groups attached to an aromatic ring is 1. The second kappa shape index (κ2) is 21.2. The number of pyridine rings is 1. The van der Waals surface area contributed by atoms with Crippen LogP contribution >= 0.6 is 0 Å². The fourth-order valence-electron chi connectivity index (χ4n) is 11.9. The number of β-amino-alcohol motifs (C(OH)–C–C–N with tert-alkyl or cyclic N) is 1. The summed E-state index contributed by atoms with van der Waals surface area (Å²) < 4.78 is 39.2. The Hall–Kier alpha value is -6.57. The molecule has 5 aromatic rings. The molecule has 4 aliphatic heterocycles. The van der Waals surface area contributed by atoms with Gasteiger partial charge in [-0.05, 0) is 91.9 Å². The van der Waals surface area contributed by atoms with Crippen LogP contribution in [0.15, 0.2) is 83.5 Å². The minimum absolute atomic E-state index is 0.0294. The number of aromatic nitrogens is 4. The fourth-order valence-corrected chi connectivity index (χ4v) is 11.9. The molecule has 6 aliphatic rings. The summed E-state index contributed by atoms with van der Waals surface area (Å²) >= 11 is 0. The lowest BCUT2D eigenvalue weighted by molar-refractivity contribution is -0.141. The Kier molecular flexibility index (Phi) is 14.3. The van der Waals surface area contributed by atoms with Gasteiger partial charge in [-0.15, -0.1) is 10.2 Å². The zero-order chi connectivity index (χ0) is 52.0. The third kappa shape index (κ3) is 10.9. The van der Waals surface area contributed by atoms with Crippen LogP contribution < -0.4 is 30.3 Å². The Balaban J connectivity index is 0.600. The number of nitrogens with two attached hydrogens (primary N) is 1. The second-order valence-electron chi connectivity index (χ2n) is 21.9. The van der Waals surface area contributed by atoms with Gasteiger partial charge in [0.15, 0.2) is 11.6 Å². The number of aromatic hydroxyl groups is 1. The molecule has 4 saturated heterocycles. The number of halogens is 1. The average molecular weight is 1030 g/mol. The average Bonchev–Trinajstić information content (AvgIpc) is 3.64. The number of hydrogen-bond donors (Lipinski definition) is 4. The maximum atomic E-state index is 14.5. The Bertz CT molecular complexity index is 2800. The number of para-hydroxylation sites is 1. The lowest BCUT2D eigenvalue weighted by atomic mass is 9.91. The van der Waals surface area contributed by atoms with E-state index in [2.05, 4.69) is 52.5 Å². The number of piperazine rings is 1. The molecule has 2 aliphatic carbocycles. The van der Waals surface area contributed by atoms with Crippen molar-refractivity contribution in [1.29, 1.82) is 0 Å². The van der Waals surface area contributed by atoms with E-state index in [0.29, 0.717) is 66.2 Å². The summed E-state index contributed by atoms with van der Waals surface area (Å²) in [5.74, 6) is 0.192. The van der Waals surface area contributed by atoms with Crippen molar-refractivity contribution in [3.63, 3.8) is 0 Å². The van der Waals surface area contributed by atoms with Crippen LogP contribution in [0.1, 0.15) is 107 Å². The standard InChI is InChI=1S/C56H69FN10O8/c1-33(2)52(55(71)66-32-40(68)25-47(66)54(70)60-34(3)35-8-10-36(11-9-35)56(57)17-18-56)49-29-51(63-75-49)72-23-22-64-20-15-41(16-21-64)73-42-26-43(27-42)74-50-24-37(14-19-59-50)67-38-12-13-39(67)31-65(30-38)46-28-45(61-62-53(46)58)44-6-4-5-7-48(44)69/h4-11,14,19,24,28-29,33-34,38-43,47,52,68-69H,12-13,15-18,20-23,25-27,30-32H2,1-3H3,(H2,58,62)(H,60,70)/t34-,38?,39?,40+,42-,43-,47-,52+/m0/s1. The monoisotopic (exact) mass is 1030 g/mol. The van der Waals surface area contributed by atoms with Crippen molar-refractivity contribution in [2.24, 2.45) is 5.92 Å². The second-order valence-corrected chi connectivity index (χ2v) is 21.9. The van der Waals surface area contributed by atoms with Gasteiger partial charge >= 0.3 is 0 Å². The number of benzene rings is 2. The number of ether oxygens (including phenoxy) is 3. The number of phenols is 1. The molecule has 398 valence electrons. The van der Waals surface area contributed by atoms with Gasteiger partial charge in [0.1, 0.15) is 36.1 Å². The van der Waals surface area contributed by atoms with Crippen LogP contribution in [0.25, 0.3) is 11.3 Å². The number of rotatable bonds is 18. The molecule has 19 heteroatoms. The molecule has 2 amide bonds. The number of carbonyl (C=O) groups excluding carboxylic acids is 2. The van der Waals surface area contributed by atoms with Crippen molar-refractivity contribution in [1.82, 2.24) is 35.5 Å². The highest BCUT2D eigenvalue weighted by Gasteiger charge is 2.46. The van der Waals surface area contributed by atoms with Crippen molar-refractivity contribution in [3.8, 4) is 28.8 Å². The van der Waals surface area contributed by atoms with Gasteiger partial charge in [0, 0.05) is 100 Å². The predicted octanol–water partition coefficient (Wildman–Crippen LogP) is 6.68.